The van der Waals surface area contributed by atoms with Crippen LogP contribution in [0.2, 0.25) is 5.02 Å². The lowest BCUT2D eigenvalue weighted by molar-refractivity contribution is -0.141. The molecular formula is C16H13ClF3N7O. The van der Waals surface area contributed by atoms with E-state index in [1.807, 2.05) is 0 Å². The molecule has 0 fully saturated rings. The highest BCUT2D eigenvalue weighted by Crippen LogP contribution is 2.35. The number of carbonyl (C=O) groups is 1. The summed E-state index contributed by atoms with van der Waals surface area (Å²) in [5.41, 5.74) is -0.190. The van der Waals surface area contributed by atoms with Crippen molar-refractivity contribution in [2.45, 2.75) is 32.1 Å². The van der Waals surface area contributed by atoms with Gasteiger partial charge in [0.2, 0.25) is 0 Å². The highest BCUT2D eigenvalue weighted by molar-refractivity contribution is 6.34. The Bertz CT molecular complexity index is 1030. The average molecular weight is 412 g/mol. The molecule has 0 spiro atoms. The third-order valence-corrected chi connectivity index (χ3v) is 4.92. The molecule has 146 valence electrons. The fourth-order valence-electron chi connectivity index (χ4n) is 3.15. The summed E-state index contributed by atoms with van der Waals surface area (Å²) in [7, 11) is 0. The number of pyridine rings is 1. The number of amides is 1. The maximum absolute atomic E-state index is 13.0. The van der Waals surface area contributed by atoms with Crippen molar-refractivity contribution < 1.29 is 18.0 Å². The van der Waals surface area contributed by atoms with E-state index in [2.05, 4.69) is 25.5 Å². The van der Waals surface area contributed by atoms with Crippen molar-refractivity contribution in [2.24, 2.45) is 0 Å². The van der Waals surface area contributed by atoms with E-state index in [1.165, 1.54) is 11.0 Å². The zero-order valence-electron chi connectivity index (χ0n) is 14.4. The summed E-state index contributed by atoms with van der Waals surface area (Å²) >= 11 is 5.85. The molecule has 12 heteroatoms. The van der Waals surface area contributed by atoms with E-state index in [-0.39, 0.29) is 18.2 Å². The van der Waals surface area contributed by atoms with Gasteiger partial charge in [0.15, 0.2) is 11.5 Å². The number of aromatic amines is 1. The van der Waals surface area contributed by atoms with Crippen molar-refractivity contribution in [3.8, 4) is 5.82 Å². The van der Waals surface area contributed by atoms with E-state index < -0.39 is 22.8 Å². The van der Waals surface area contributed by atoms with Gasteiger partial charge in [-0.25, -0.2) is 0 Å². The van der Waals surface area contributed by atoms with Crippen molar-refractivity contribution in [3.63, 3.8) is 0 Å². The monoisotopic (exact) mass is 411 g/mol. The van der Waals surface area contributed by atoms with Crippen molar-refractivity contribution in [1.82, 2.24) is 35.1 Å². The molecule has 0 saturated heterocycles. The number of alkyl halides is 3. The van der Waals surface area contributed by atoms with Crippen LogP contribution in [0.15, 0.2) is 24.5 Å². The molecule has 4 heterocycles. The normalized spacial score (nSPS) is 16.9. The summed E-state index contributed by atoms with van der Waals surface area (Å²) in [6, 6.07) is 2.60. The fraction of sp³-hybridized carbons (Fsp3) is 0.312. The van der Waals surface area contributed by atoms with E-state index in [1.54, 1.807) is 23.9 Å². The minimum Gasteiger partial charge on any atom is -0.329 e. The number of rotatable bonds is 2. The standard InChI is InChI=1S/C16H13ClF3N7O/c1-8-6-11-10(23-25-27(11)12-3-5-22-24-12)7-26(8)15(28)9-2-4-21-14(13(9)17)16(18,19)20/h2-5,8H,6-7H2,1H3,(H,22,24)/t8-/m0/s1. The number of aromatic nitrogens is 6. The van der Waals surface area contributed by atoms with Gasteiger partial charge >= 0.3 is 6.18 Å². The largest absolute Gasteiger partial charge is 0.434 e. The third kappa shape index (κ3) is 3.01. The number of hydrogen-bond donors (Lipinski definition) is 1. The molecule has 0 unspecified atom stereocenters. The van der Waals surface area contributed by atoms with E-state index >= 15 is 0 Å². The topological polar surface area (TPSA) is 92.6 Å². The maximum atomic E-state index is 13.0. The van der Waals surface area contributed by atoms with Gasteiger partial charge in [-0.3, -0.25) is 14.9 Å². The summed E-state index contributed by atoms with van der Waals surface area (Å²) in [4.78, 5) is 17.6. The Morgan fingerprint density at radius 2 is 2.14 bits per heavy atom. The van der Waals surface area contributed by atoms with Crippen LogP contribution in [-0.2, 0) is 19.1 Å². The van der Waals surface area contributed by atoms with Crippen LogP contribution in [0.4, 0.5) is 13.2 Å². The van der Waals surface area contributed by atoms with Gasteiger partial charge in [0.1, 0.15) is 5.69 Å². The molecule has 3 aromatic heterocycles. The SMILES string of the molecule is C[C@H]1Cc2c(nnn2-c2cc[nH]n2)CN1C(=O)c1ccnc(C(F)(F)F)c1Cl. The summed E-state index contributed by atoms with van der Waals surface area (Å²) in [6.45, 7) is 1.89. The van der Waals surface area contributed by atoms with Crippen LogP contribution in [0, 0.1) is 0 Å². The van der Waals surface area contributed by atoms with Gasteiger partial charge in [0, 0.05) is 30.9 Å². The summed E-state index contributed by atoms with van der Waals surface area (Å²) in [5.74, 6) is -0.0573. The molecule has 4 rings (SSSR count). The van der Waals surface area contributed by atoms with E-state index in [4.69, 9.17) is 11.6 Å². The molecule has 1 atom stereocenters. The predicted octanol–water partition coefficient (Wildman–Crippen LogP) is 2.64. The van der Waals surface area contributed by atoms with Crippen molar-refractivity contribution in [1.29, 1.82) is 0 Å². The van der Waals surface area contributed by atoms with Crippen LogP contribution >= 0.6 is 11.6 Å². The molecule has 28 heavy (non-hydrogen) atoms. The van der Waals surface area contributed by atoms with Crippen LogP contribution in [-0.4, -0.2) is 47.0 Å². The minimum absolute atomic E-state index is 0.0970. The number of halogens is 4. The highest BCUT2D eigenvalue weighted by atomic mass is 35.5. The van der Waals surface area contributed by atoms with E-state index in [0.29, 0.717) is 17.9 Å². The molecule has 0 aliphatic carbocycles. The number of H-pyrrole nitrogens is 1. The van der Waals surface area contributed by atoms with Crippen LogP contribution in [0.1, 0.15) is 34.4 Å². The summed E-state index contributed by atoms with van der Waals surface area (Å²) < 4.78 is 40.7. The predicted molar refractivity (Wildman–Crippen MR) is 90.8 cm³/mol. The second-order valence-corrected chi connectivity index (χ2v) is 6.71. The fourth-order valence-corrected chi connectivity index (χ4v) is 3.45. The Labute approximate surface area is 161 Å². The van der Waals surface area contributed by atoms with Crippen molar-refractivity contribution in [3.05, 3.63) is 52.2 Å². The molecular weight excluding hydrogens is 399 g/mol. The molecule has 1 amide bonds. The first-order chi connectivity index (χ1) is 13.3. The molecule has 8 nitrogen and oxygen atoms in total. The first-order valence-electron chi connectivity index (χ1n) is 8.23. The Morgan fingerprint density at radius 3 is 2.82 bits per heavy atom. The zero-order chi connectivity index (χ0) is 20.1. The van der Waals surface area contributed by atoms with Gasteiger partial charge in [0.25, 0.3) is 5.91 Å². The highest BCUT2D eigenvalue weighted by Gasteiger charge is 2.38. The lowest BCUT2D eigenvalue weighted by Gasteiger charge is -2.33. The molecule has 1 aliphatic rings. The molecule has 0 aromatic carbocycles. The van der Waals surface area contributed by atoms with Crippen molar-refractivity contribution in [2.75, 3.05) is 0 Å². The van der Waals surface area contributed by atoms with Gasteiger partial charge in [-0.05, 0) is 13.0 Å². The van der Waals surface area contributed by atoms with Crippen LogP contribution in [0.25, 0.3) is 5.82 Å². The van der Waals surface area contributed by atoms with E-state index in [9.17, 15) is 18.0 Å². The van der Waals surface area contributed by atoms with Crippen LogP contribution < -0.4 is 0 Å². The smallest absolute Gasteiger partial charge is 0.329 e. The van der Waals surface area contributed by atoms with Gasteiger partial charge in [-0.15, -0.1) is 5.10 Å². The third-order valence-electron chi connectivity index (χ3n) is 4.54. The molecule has 3 aromatic rings. The molecule has 1 N–H and O–H groups in total. The molecule has 0 saturated carbocycles. The van der Waals surface area contributed by atoms with Gasteiger partial charge in [-0.2, -0.15) is 23.0 Å². The van der Waals surface area contributed by atoms with Crippen molar-refractivity contribution >= 4 is 17.5 Å². The number of fused-ring (bicyclic) bond motifs is 1. The lowest BCUT2D eigenvalue weighted by Crippen LogP contribution is -2.43. The van der Waals surface area contributed by atoms with Gasteiger partial charge < -0.3 is 4.90 Å². The Balaban J connectivity index is 1.66. The second kappa shape index (κ2) is 6.59. The molecule has 0 bridgehead atoms. The summed E-state index contributed by atoms with van der Waals surface area (Å²) in [6.07, 6.45) is -1.76. The number of hydrogen-bond acceptors (Lipinski definition) is 5. The second-order valence-electron chi connectivity index (χ2n) is 6.33. The number of nitrogens with zero attached hydrogens (tertiary/aromatic N) is 6. The van der Waals surface area contributed by atoms with Gasteiger partial charge in [-0.1, -0.05) is 16.8 Å². The Morgan fingerprint density at radius 1 is 1.36 bits per heavy atom. The first-order valence-corrected chi connectivity index (χ1v) is 8.61. The number of nitrogens with one attached hydrogen (secondary N) is 1. The van der Waals surface area contributed by atoms with Gasteiger partial charge in [0.05, 0.1) is 22.8 Å². The lowest BCUT2D eigenvalue weighted by atomic mass is 10.0. The maximum Gasteiger partial charge on any atom is 0.434 e. The van der Waals surface area contributed by atoms with E-state index in [0.717, 1.165) is 11.9 Å². The Kier molecular flexibility index (Phi) is 4.33. The minimum atomic E-state index is -4.75. The Hall–Kier alpha value is -2.95. The summed E-state index contributed by atoms with van der Waals surface area (Å²) in [5, 5.41) is 14.2. The molecule has 1 aliphatic heterocycles. The average Bonchev–Trinajstić information content (AvgIpc) is 3.28. The quantitative estimate of drug-likeness (QED) is 0.699. The van der Waals surface area contributed by atoms with Crippen LogP contribution in [0.5, 0.6) is 0 Å². The zero-order valence-corrected chi connectivity index (χ0v) is 15.2. The molecule has 0 radical (unpaired) electrons. The number of carbonyl (C=O) groups excluding carboxylic acids is 1. The first kappa shape index (κ1) is 18.4. The van der Waals surface area contributed by atoms with Crippen LogP contribution in [0.3, 0.4) is 0 Å².